The molecule has 0 saturated heterocycles. The maximum Gasteiger partial charge on any atom is 0.387 e. The quantitative estimate of drug-likeness (QED) is 0.908. The molecule has 0 aliphatic carbocycles. The molecule has 1 aromatic carbocycles. The molecule has 2 rings (SSSR count). The van der Waals surface area contributed by atoms with E-state index in [1.807, 2.05) is 12.1 Å². The highest BCUT2D eigenvalue weighted by atomic mass is 19.3. The molecule has 0 aliphatic heterocycles. The number of ether oxygens (including phenoxy) is 1. The van der Waals surface area contributed by atoms with E-state index < -0.39 is 6.61 Å². The lowest BCUT2D eigenvalue weighted by Crippen LogP contribution is -2.02. The van der Waals surface area contributed by atoms with Crippen molar-refractivity contribution in [1.29, 1.82) is 0 Å². The molecule has 3 nitrogen and oxygen atoms in total. The van der Waals surface area contributed by atoms with Crippen LogP contribution in [0, 0.1) is 0 Å². The molecule has 18 heavy (non-hydrogen) atoms. The third-order valence-electron chi connectivity index (χ3n) is 2.39. The third kappa shape index (κ3) is 3.01. The Morgan fingerprint density at radius 3 is 2.33 bits per heavy atom. The van der Waals surface area contributed by atoms with Crippen LogP contribution in [0.25, 0.3) is 11.3 Å². The van der Waals surface area contributed by atoms with Crippen LogP contribution in [0.3, 0.4) is 0 Å². The smallest absolute Gasteiger partial charge is 0.387 e. The molecule has 0 spiro atoms. The number of aliphatic hydroxyl groups excluding tert-OH is 1. The zero-order valence-corrected chi connectivity index (χ0v) is 9.38. The Balaban J connectivity index is 2.17. The molecule has 0 radical (unpaired) electrons. The van der Waals surface area contributed by atoms with Crippen molar-refractivity contribution in [3.8, 4) is 17.0 Å². The van der Waals surface area contributed by atoms with Crippen LogP contribution in [-0.2, 0) is 6.61 Å². The van der Waals surface area contributed by atoms with Gasteiger partial charge in [0, 0.05) is 5.56 Å². The molecular weight excluding hydrogens is 240 g/mol. The predicted octanol–water partition coefficient (Wildman–Crippen LogP) is 2.84. The van der Waals surface area contributed by atoms with E-state index in [0.29, 0.717) is 5.69 Å². The number of halogens is 2. The fourth-order valence-electron chi connectivity index (χ4n) is 1.50. The van der Waals surface area contributed by atoms with Crippen LogP contribution < -0.4 is 4.74 Å². The molecule has 1 N–H and O–H groups in total. The Bertz CT molecular complexity index is 497. The molecule has 1 aromatic heterocycles. The number of nitrogens with zero attached hydrogens (tertiary/aromatic N) is 1. The van der Waals surface area contributed by atoms with Gasteiger partial charge in [-0.05, 0) is 17.7 Å². The number of benzene rings is 1. The van der Waals surface area contributed by atoms with Crippen molar-refractivity contribution < 1.29 is 18.6 Å². The molecule has 0 amide bonds. The van der Waals surface area contributed by atoms with E-state index >= 15 is 0 Å². The summed E-state index contributed by atoms with van der Waals surface area (Å²) in [4.78, 5) is 4.04. The van der Waals surface area contributed by atoms with Crippen LogP contribution in [0.1, 0.15) is 5.56 Å². The maximum absolute atomic E-state index is 12.0. The first kappa shape index (κ1) is 12.4. The summed E-state index contributed by atoms with van der Waals surface area (Å²) in [6.45, 7) is -2.86. The minimum absolute atomic E-state index is 0.0190. The molecule has 0 unspecified atom stereocenters. The van der Waals surface area contributed by atoms with Crippen LogP contribution in [0.15, 0.2) is 42.6 Å². The van der Waals surface area contributed by atoms with E-state index in [2.05, 4.69) is 9.72 Å². The molecule has 0 fully saturated rings. The molecule has 1 heterocycles. The van der Waals surface area contributed by atoms with Crippen LogP contribution in [0.5, 0.6) is 5.75 Å². The van der Waals surface area contributed by atoms with Crippen molar-refractivity contribution in [1.82, 2.24) is 4.98 Å². The molecule has 5 heteroatoms. The number of rotatable bonds is 4. The lowest BCUT2D eigenvalue weighted by atomic mass is 10.1. The number of aromatic nitrogens is 1. The Hall–Kier alpha value is -2.01. The fourth-order valence-corrected chi connectivity index (χ4v) is 1.50. The summed E-state index contributed by atoms with van der Waals surface area (Å²) < 4.78 is 28.1. The van der Waals surface area contributed by atoms with Gasteiger partial charge in [0.2, 0.25) is 0 Å². The third-order valence-corrected chi connectivity index (χ3v) is 2.39. The van der Waals surface area contributed by atoms with Crippen molar-refractivity contribution >= 4 is 0 Å². The van der Waals surface area contributed by atoms with Gasteiger partial charge in [-0.25, -0.2) is 0 Å². The Kier molecular flexibility index (Phi) is 3.84. The molecule has 94 valence electrons. The number of alkyl halides is 2. The average molecular weight is 251 g/mol. The molecular formula is C13H11F2NO2. The van der Waals surface area contributed by atoms with Gasteiger partial charge in [0.05, 0.1) is 18.5 Å². The van der Waals surface area contributed by atoms with Crippen LogP contribution >= 0.6 is 0 Å². The van der Waals surface area contributed by atoms with Gasteiger partial charge in [-0.3, -0.25) is 4.98 Å². The van der Waals surface area contributed by atoms with Crippen molar-refractivity contribution in [3.05, 3.63) is 48.2 Å². The zero-order valence-electron chi connectivity index (χ0n) is 9.38. The minimum atomic E-state index is -2.85. The van der Waals surface area contributed by atoms with Gasteiger partial charge in [-0.2, -0.15) is 8.78 Å². The molecule has 0 aliphatic rings. The number of pyridine rings is 1. The average Bonchev–Trinajstić information content (AvgIpc) is 2.39. The molecule has 0 bridgehead atoms. The van der Waals surface area contributed by atoms with Crippen molar-refractivity contribution in [2.75, 3.05) is 0 Å². The first-order valence-corrected chi connectivity index (χ1v) is 5.30. The van der Waals surface area contributed by atoms with Crippen molar-refractivity contribution in [3.63, 3.8) is 0 Å². The first-order chi connectivity index (χ1) is 8.69. The summed E-state index contributed by atoms with van der Waals surface area (Å²) in [6, 6.07) is 10.2. The Morgan fingerprint density at radius 1 is 1.11 bits per heavy atom. The van der Waals surface area contributed by atoms with Crippen molar-refractivity contribution in [2.45, 2.75) is 13.2 Å². The first-order valence-electron chi connectivity index (χ1n) is 5.30. The van der Waals surface area contributed by atoms with E-state index in [1.165, 1.54) is 12.3 Å². The van der Waals surface area contributed by atoms with Gasteiger partial charge in [0.1, 0.15) is 5.75 Å². The predicted molar refractivity (Wildman–Crippen MR) is 62.2 cm³/mol. The van der Waals surface area contributed by atoms with Gasteiger partial charge >= 0.3 is 6.61 Å². The highest BCUT2D eigenvalue weighted by Crippen LogP contribution is 2.20. The number of hydrogen-bond acceptors (Lipinski definition) is 3. The van der Waals surface area contributed by atoms with Gasteiger partial charge in [-0.1, -0.05) is 24.3 Å². The van der Waals surface area contributed by atoms with Gasteiger partial charge < -0.3 is 9.84 Å². The highest BCUT2D eigenvalue weighted by molar-refractivity contribution is 5.59. The second-order valence-electron chi connectivity index (χ2n) is 3.61. The van der Waals surface area contributed by atoms with Gasteiger partial charge in [0.25, 0.3) is 0 Å². The van der Waals surface area contributed by atoms with Crippen molar-refractivity contribution in [2.24, 2.45) is 0 Å². The molecule has 2 aromatic rings. The summed E-state index contributed by atoms with van der Waals surface area (Å²) in [6.07, 6.45) is 1.25. The number of hydrogen-bond donors (Lipinski definition) is 1. The molecule has 0 saturated carbocycles. The van der Waals surface area contributed by atoms with E-state index in [9.17, 15) is 8.78 Å². The highest BCUT2D eigenvalue weighted by Gasteiger charge is 2.05. The van der Waals surface area contributed by atoms with E-state index in [4.69, 9.17) is 5.11 Å². The normalized spacial score (nSPS) is 10.7. The van der Waals surface area contributed by atoms with Crippen LogP contribution in [-0.4, -0.2) is 16.7 Å². The standard InChI is InChI=1S/C13H11F2NO2/c14-13(15)18-11-5-6-12(16-7-11)10-3-1-9(8-17)2-4-10/h1-7,13,17H,8H2. The lowest BCUT2D eigenvalue weighted by Gasteiger charge is -2.05. The second kappa shape index (κ2) is 5.55. The van der Waals surface area contributed by atoms with Gasteiger partial charge in [-0.15, -0.1) is 0 Å². The monoisotopic (exact) mass is 251 g/mol. The largest absolute Gasteiger partial charge is 0.433 e. The fraction of sp³-hybridized carbons (Fsp3) is 0.154. The zero-order chi connectivity index (χ0) is 13.0. The minimum Gasteiger partial charge on any atom is -0.433 e. The SMILES string of the molecule is OCc1ccc(-c2ccc(OC(F)F)cn2)cc1. The summed E-state index contributed by atoms with van der Waals surface area (Å²) in [7, 11) is 0. The van der Waals surface area contributed by atoms with Gasteiger partial charge in [0.15, 0.2) is 0 Å². The Labute approximate surface area is 103 Å². The van der Waals surface area contributed by atoms with E-state index in [1.54, 1.807) is 18.2 Å². The Morgan fingerprint density at radius 2 is 1.83 bits per heavy atom. The summed E-state index contributed by atoms with van der Waals surface area (Å²) in [5, 5.41) is 8.92. The van der Waals surface area contributed by atoms with E-state index in [-0.39, 0.29) is 12.4 Å². The summed E-state index contributed by atoms with van der Waals surface area (Å²) >= 11 is 0. The lowest BCUT2D eigenvalue weighted by molar-refractivity contribution is -0.0500. The summed E-state index contributed by atoms with van der Waals surface area (Å²) in [5.74, 6) is 0.0285. The van der Waals surface area contributed by atoms with E-state index in [0.717, 1.165) is 11.1 Å². The maximum atomic E-state index is 12.0. The van der Waals surface area contributed by atoms with Crippen LogP contribution in [0.2, 0.25) is 0 Å². The van der Waals surface area contributed by atoms with Crippen LogP contribution in [0.4, 0.5) is 8.78 Å². The second-order valence-corrected chi connectivity index (χ2v) is 3.61. The molecule has 0 atom stereocenters. The summed E-state index contributed by atoms with van der Waals surface area (Å²) in [5.41, 5.74) is 2.30. The number of aliphatic hydroxyl groups is 1. The topological polar surface area (TPSA) is 42.4 Å².